The molecule has 2 aliphatic rings. The minimum atomic E-state index is -0.263. The first kappa shape index (κ1) is 19.7. The number of benzene rings is 1. The van der Waals surface area contributed by atoms with E-state index in [1.165, 1.54) is 0 Å². The second-order valence-corrected chi connectivity index (χ2v) is 8.27. The second kappa shape index (κ2) is 8.82. The number of nitrogens with two attached hydrogens (primary N) is 1. The summed E-state index contributed by atoms with van der Waals surface area (Å²) in [7, 11) is 0. The van der Waals surface area contributed by atoms with Crippen molar-refractivity contribution in [1.29, 1.82) is 0 Å². The van der Waals surface area contributed by atoms with E-state index in [0.29, 0.717) is 22.7 Å². The van der Waals surface area contributed by atoms with Gasteiger partial charge in [-0.1, -0.05) is 11.6 Å². The van der Waals surface area contributed by atoms with Crippen molar-refractivity contribution in [3.05, 3.63) is 38.2 Å². The number of rotatable bonds is 6. The lowest BCUT2D eigenvalue weighted by Crippen LogP contribution is -3.14. The molecule has 0 atom stereocenters. The van der Waals surface area contributed by atoms with Crippen LogP contribution in [0.25, 0.3) is 11.0 Å². The number of hydrogen-bond donors (Lipinski definition) is 3. The first-order valence-electron chi connectivity index (χ1n) is 10.4. The zero-order valence-corrected chi connectivity index (χ0v) is 16.9. The number of hydrogen-bond acceptors (Lipinski definition) is 4. The van der Waals surface area contributed by atoms with Crippen LogP contribution >= 0.6 is 11.6 Å². The van der Waals surface area contributed by atoms with Gasteiger partial charge in [0.15, 0.2) is 5.58 Å². The average molecular weight is 409 g/mol. The minimum Gasteiger partial charge on any atom is -0.506 e. The Hall–Kier alpha value is -1.60. The monoisotopic (exact) mass is 408 g/mol. The summed E-state index contributed by atoms with van der Waals surface area (Å²) in [6.07, 6.45) is 4.80. The van der Waals surface area contributed by atoms with Crippen LogP contribution in [0.15, 0.2) is 15.3 Å². The van der Waals surface area contributed by atoms with E-state index in [1.807, 2.05) is 0 Å². The number of phenolic OH excluding ortho intramolecular Hbond substituents is 1. The molecular weight excluding hydrogens is 380 g/mol. The number of morpholine rings is 1. The van der Waals surface area contributed by atoms with E-state index in [1.54, 1.807) is 11.0 Å². The van der Waals surface area contributed by atoms with E-state index in [4.69, 9.17) is 20.8 Å². The van der Waals surface area contributed by atoms with Crippen LogP contribution in [0, 0.1) is 0 Å². The molecule has 1 aromatic heterocycles. The summed E-state index contributed by atoms with van der Waals surface area (Å²) in [4.78, 5) is 14.1. The molecule has 1 aliphatic heterocycles. The molecule has 4 rings (SSSR count). The molecule has 2 aromatic rings. The third kappa shape index (κ3) is 4.06. The maximum atomic E-state index is 12.5. The van der Waals surface area contributed by atoms with Gasteiger partial charge in [0.2, 0.25) is 0 Å². The number of fused-ring (bicyclic) bond motifs is 3. The molecule has 0 unspecified atom stereocenters. The van der Waals surface area contributed by atoms with Gasteiger partial charge in [-0.25, -0.2) is 4.79 Å². The molecule has 7 heteroatoms. The quantitative estimate of drug-likeness (QED) is 0.477. The van der Waals surface area contributed by atoms with Gasteiger partial charge in [-0.05, 0) is 37.3 Å². The van der Waals surface area contributed by atoms with Crippen LogP contribution in [-0.4, -0.2) is 44.5 Å². The fraction of sp³-hybridized carbons (Fsp3) is 0.571. The van der Waals surface area contributed by atoms with Crippen LogP contribution in [0.3, 0.4) is 0 Å². The molecule has 0 saturated carbocycles. The number of halogens is 1. The Labute approximate surface area is 169 Å². The van der Waals surface area contributed by atoms with Crippen molar-refractivity contribution in [2.24, 2.45) is 0 Å². The van der Waals surface area contributed by atoms with Gasteiger partial charge in [0.25, 0.3) is 0 Å². The molecule has 28 heavy (non-hydrogen) atoms. The van der Waals surface area contributed by atoms with Crippen LogP contribution in [0.4, 0.5) is 0 Å². The fourth-order valence-electron chi connectivity index (χ4n) is 4.44. The first-order valence-corrected chi connectivity index (χ1v) is 10.7. The first-order chi connectivity index (χ1) is 13.6. The van der Waals surface area contributed by atoms with Gasteiger partial charge in [-0.15, -0.1) is 0 Å². The third-order valence-corrected chi connectivity index (χ3v) is 6.31. The number of ether oxygens (including phenoxy) is 1. The number of aryl methyl sites for hydroxylation is 1. The maximum Gasteiger partial charge on any atom is 0.339 e. The van der Waals surface area contributed by atoms with Crippen LogP contribution in [-0.2, 0) is 24.1 Å². The molecule has 1 saturated heterocycles. The lowest BCUT2D eigenvalue weighted by molar-refractivity contribution is -0.909. The van der Waals surface area contributed by atoms with Crippen molar-refractivity contribution in [3.63, 3.8) is 0 Å². The summed E-state index contributed by atoms with van der Waals surface area (Å²) in [6.45, 7) is 6.49. The van der Waals surface area contributed by atoms with E-state index in [9.17, 15) is 9.90 Å². The Morgan fingerprint density at radius 2 is 1.93 bits per heavy atom. The van der Waals surface area contributed by atoms with Crippen LogP contribution in [0.1, 0.15) is 36.0 Å². The Balaban J connectivity index is 1.50. The van der Waals surface area contributed by atoms with E-state index in [-0.39, 0.29) is 11.4 Å². The largest absolute Gasteiger partial charge is 0.506 e. The number of nitrogens with one attached hydrogen (secondary N) is 1. The van der Waals surface area contributed by atoms with E-state index >= 15 is 0 Å². The van der Waals surface area contributed by atoms with Gasteiger partial charge in [0.1, 0.15) is 25.4 Å². The Kier molecular flexibility index (Phi) is 6.21. The number of quaternary nitrogens is 2. The maximum absolute atomic E-state index is 12.5. The van der Waals surface area contributed by atoms with Gasteiger partial charge in [0, 0.05) is 17.4 Å². The van der Waals surface area contributed by atoms with E-state index < -0.39 is 0 Å². The highest BCUT2D eigenvalue weighted by atomic mass is 35.5. The molecule has 1 fully saturated rings. The summed E-state index contributed by atoms with van der Waals surface area (Å²) in [5.74, 6) is 0.0307. The minimum absolute atomic E-state index is 0.0307. The van der Waals surface area contributed by atoms with Crippen molar-refractivity contribution in [3.8, 4) is 5.75 Å². The third-order valence-electron chi connectivity index (χ3n) is 6.02. The topological polar surface area (TPSA) is 80.7 Å². The molecule has 0 amide bonds. The van der Waals surface area contributed by atoms with Gasteiger partial charge in [-0.2, -0.15) is 0 Å². The molecule has 0 bridgehead atoms. The molecule has 152 valence electrons. The molecule has 0 spiro atoms. The van der Waals surface area contributed by atoms with Gasteiger partial charge >= 0.3 is 5.63 Å². The van der Waals surface area contributed by atoms with E-state index in [0.717, 1.165) is 88.0 Å². The van der Waals surface area contributed by atoms with Crippen LogP contribution in [0.2, 0.25) is 5.02 Å². The lowest BCUT2D eigenvalue weighted by atomic mass is 9.90. The smallest absolute Gasteiger partial charge is 0.339 e. The Bertz CT molecular complexity index is 906. The Morgan fingerprint density at radius 3 is 2.71 bits per heavy atom. The summed E-state index contributed by atoms with van der Waals surface area (Å²) in [5, 5.41) is 13.9. The summed E-state index contributed by atoms with van der Waals surface area (Å²) >= 11 is 6.32. The summed E-state index contributed by atoms with van der Waals surface area (Å²) in [5.41, 5.74) is 2.70. The van der Waals surface area contributed by atoms with Crippen molar-refractivity contribution in [1.82, 2.24) is 0 Å². The van der Waals surface area contributed by atoms with E-state index in [2.05, 4.69) is 5.32 Å². The molecule has 0 radical (unpaired) electrons. The zero-order chi connectivity index (χ0) is 19.5. The number of phenols is 1. The molecule has 1 aliphatic carbocycles. The fourth-order valence-corrected chi connectivity index (χ4v) is 4.66. The SMILES string of the molecule is O=c1oc2c(C[NH2+]CCC[NH+]3CCOCC3)c(O)c(Cl)cc2c2c1CCCC2. The van der Waals surface area contributed by atoms with Crippen molar-refractivity contribution >= 4 is 22.6 Å². The molecule has 4 N–H and O–H groups in total. The Morgan fingerprint density at radius 1 is 1.18 bits per heavy atom. The van der Waals surface area contributed by atoms with Gasteiger partial charge < -0.3 is 24.5 Å². The molecule has 2 heterocycles. The van der Waals surface area contributed by atoms with Gasteiger partial charge in [0.05, 0.1) is 36.9 Å². The second-order valence-electron chi connectivity index (χ2n) is 7.86. The standard InChI is InChI=1S/C21H27ClN2O4/c22-18-12-16-14-4-1-2-5-15(14)21(26)28-20(16)17(19(18)25)13-23-6-3-7-24-8-10-27-11-9-24/h12,23,25H,1-11,13H2/p+2. The highest BCUT2D eigenvalue weighted by molar-refractivity contribution is 6.33. The lowest BCUT2D eigenvalue weighted by Gasteiger charge is -2.23. The van der Waals surface area contributed by atoms with Crippen LogP contribution in [0.5, 0.6) is 5.75 Å². The molecular formula is C21H29ClN2O4+2. The normalized spacial score (nSPS) is 17.8. The highest BCUT2D eigenvalue weighted by Crippen LogP contribution is 2.37. The highest BCUT2D eigenvalue weighted by Gasteiger charge is 2.23. The van der Waals surface area contributed by atoms with Gasteiger partial charge in [-0.3, -0.25) is 0 Å². The molecule has 1 aromatic carbocycles. The predicted molar refractivity (Wildman–Crippen MR) is 107 cm³/mol. The summed E-state index contributed by atoms with van der Waals surface area (Å²) < 4.78 is 11.1. The predicted octanol–water partition coefficient (Wildman–Crippen LogP) is 0.399. The summed E-state index contributed by atoms with van der Waals surface area (Å²) in [6, 6.07) is 1.75. The number of aromatic hydroxyl groups is 1. The zero-order valence-electron chi connectivity index (χ0n) is 16.2. The van der Waals surface area contributed by atoms with Crippen LogP contribution < -0.4 is 15.8 Å². The average Bonchev–Trinajstić information content (AvgIpc) is 2.72. The van der Waals surface area contributed by atoms with Crippen molar-refractivity contribution in [2.75, 3.05) is 39.4 Å². The van der Waals surface area contributed by atoms with Crippen molar-refractivity contribution in [2.45, 2.75) is 38.6 Å². The molecule has 6 nitrogen and oxygen atoms in total. The van der Waals surface area contributed by atoms with Crippen molar-refractivity contribution < 1.29 is 24.5 Å².